The van der Waals surface area contributed by atoms with Gasteiger partial charge in [0.1, 0.15) is 7.11 Å². The first-order chi connectivity index (χ1) is 6.25. The predicted octanol–water partition coefficient (Wildman–Crippen LogP) is 1.39. The van der Waals surface area contributed by atoms with Crippen molar-refractivity contribution in [1.29, 1.82) is 0 Å². The minimum atomic E-state index is -1.05. The Morgan fingerprint density at radius 3 is 2.92 bits per heavy atom. The van der Waals surface area contributed by atoms with E-state index in [1.54, 1.807) is 17.2 Å². The Hall–Kier alpha value is -0.620. The normalized spacial score (nSPS) is 17.9. The lowest BCUT2D eigenvalue weighted by Gasteiger charge is -2.10. The zero-order valence-electron chi connectivity index (χ0n) is 7.02. The lowest BCUT2D eigenvalue weighted by atomic mass is 10.4. The van der Waals surface area contributed by atoms with Crippen LogP contribution < -0.4 is 0 Å². The molecule has 0 unspecified atom stereocenters. The smallest absolute Gasteiger partial charge is 0.359 e. The molecule has 0 spiro atoms. The second-order valence-electron chi connectivity index (χ2n) is 2.13. The van der Waals surface area contributed by atoms with E-state index in [2.05, 4.69) is 9.99 Å². The molecule has 0 aromatic carbocycles. The summed E-state index contributed by atoms with van der Waals surface area (Å²) < 4.78 is 0. The molecule has 1 aliphatic heterocycles. The number of aliphatic carboxylic acids is 1. The maximum absolute atomic E-state index is 10.7. The molecule has 0 amide bonds. The summed E-state index contributed by atoms with van der Waals surface area (Å²) in [5, 5.41) is 14.1. The summed E-state index contributed by atoms with van der Waals surface area (Å²) in [5.41, 5.74) is -0.0142. The fraction of sp³-hybridized carbons (Fsp3) is 0.429. The first kappa shape index (κ1) is 10.5. The van der Waals surface area contributed by atoms with Crippen molar-refractivity contribution in [3.8, 4) is 0 Å². The molecule has 1 rings (SSSR count). The van der Waals surface area contributed by atoms with E-state index in [1.165, 1.54) is 18.9 Å². The zero-order chi connectivity index (χ0) is 9.68. The SMILES string of the molecule is CON=C(C(=O)O)C1=CSCCS1. The van der Waals surface area contributed by atoms with Gasteiger partial charge in [-0.2, -0.15) is 0 Å². The molecule has 72 valence electrons. The van der Waals surface area contributed by atoms with Crippen LogP contribution in [0.5, 0.6) is 0 Å². The van der Waals surface area contributed by atoms with E-state index in [0.717, 1.165) is 11.5 Å². The van der Waals surface area contributed by atoms with Gasteiger partial charge in [0.25, 0.3) is 0 Å². The minimum absolute atomic E-state index is 0.0142. The topological polar surface area (TPSA) is 58.9 Å². The van der Waals surface area contributed by atoms with E-state index in [1.807, 2.05) is 0 Å². The molecule has 0 atom stereocenters. The van der Waals surface area contributed by atoms with Crippen LogP contribution >= 0.6 is 23.5 Å². The molecule has 1 aliphatic rings. The summed E-state index contributed by atoms with van der Waals surface area (Å²) in [6.07, 6.45) is 0. The molecule has 13 heavy (non-hydrogen) atoms. The van der Waals surface area contributed by atoms with E-state index < -0.39 is 5.97 Å². The van der Waals surface area contributed by atoms with Crippen LogP contribution in [0, 0.1) is 0 Å². The van der Waals surface area contributed by atoms with Crippen molar-refractivity contribution >= 4 is 35.2 Å². The highest BCUT2D eigenvalue weighted by molar-refractivity contribution is 8.10. The molecule has 0 aromatic heterocycles. The van der Waals surface area contributed by atoms with Crippen molar-refractivity contribution < 1.29 is 14.7 Å². The Morgan fingerprint density at radius 2 is 2.46 bits per heavy atom. The van der Waals surface area contributed by atoms with Gasteiger partial charge < -0.3 is 9.94 Å². The first-order valence-corrected chi connectivity index (χ1v) is 5.58. The molecular weight excluding hydrogens is 210 g/mol. The number of nitrogens with zero attached hydrogens (tertiary/aromatic N) is 1. The molecule has 0 fully saturated rings. The Labute approximate surface area is 84.4 Å². The Balaban J connectivity index is 2.80. The summed E-state index contributed by atoms with van der Waals surface area (Å²) in [5.74, 6) is 0.865. The molecule has 1 heterocycles. The monoisotopic (exact) mass is 219 g/mol. The van der Waals surface area contributed by atoms with E-state index in [0.29, 0.717) is 4.91 Å². The van der Waals surface area contributed by atoms with Gasteiger partial charge in [-0.1, -0.05) is 5.16 Å². The third kappa shape index (κ3) is 2.96. The highest BCUT2D eigenvalue weighted by Crippen LogP contribution is 2.27. The van der Waals surface area contributed by atoms with Crippen molar-refractivity contribution in [2.45, 2.75) is 0 Å². The van der Waals surface area contributed by atoms with Crippen LogP contribution in [0.25, 0.3) is 0 Å². The van der Waals surface area contributed by atoms with Crippen molar-refractivity contribution in [2.75, 3.05) is 18.6 Å². The maximum atomic E-state index is 10.7. The van der Waals surface area contributed by atoms with Crippen molar-refractivity contribution in [2.24, 2.45) is 5.16 Å². The molecule has 0 aromatic rings. The Morgan fingerprint density at radius 1 is 1.69 bits per heavy atom. The average Bonchev–Trinajstić information content (AvgIpc) is 2.15. The number of rotatable bonds is 3. The maximum Gasteiger partial charge on any atom is 0.359 e. The summed E-state index contributed by atoms with van der Waals surface area (Å²) in [6, 6.07) is 0. The van der Waals surface area contributed by atoms with Crippen molar-refractivity contribution in [3.63, 3.8) is 0 Å². The molecule has 0 bridgehead atoms. The van der Waals surface area contributed by atoms with E-state index >= 15 is 0 Å². The van der Waals surface area contributed by atoms with E-state index in [4.69, 9.17) is 5.11 Å². The number of hydrogen-bond acceptors (Lipinski definition) is 5. The van der Waals surface area contributed by atoms with Crippen LogP contribution in [0.4, 0.5) is 0 Å². The molecular formula is C7H9NO3S2. The van der Waals surface area contributed by atoms with Crippen LogP contribution in [0.1, 0.15) is 0 Å². The van der Waals surface area contributed by atoms with Crippen LogP contribution in [0.3, 0.4) is 0 Å². The van der Waals surface area contributed by atoms with Gasteiger partial charge in [-0.05, 0) is 5.41 Å². The molecule has 4 nitrogen and oxygen atoms in total. The van der Waals surface area contributed by atoms with Gasteiger partial charge in [0, 0.05) is 11.5 Å². The molecule has 0 saturated carbocycles. The largest absolute Gasteiger partial charge is 0.476 e. The van der Waals surface area contributed by atoms with Crippen LogP contribution in [-0.2, 0) is 9.63 Å². The highest BCUT2D eigenvalue weighted by Gasteiger charge is 2.18. The Bertz CT molecular complexity index is 262. The van der Waals surface area contributed by atoms with Gasteiger partial charge in [-0.25, -0.2) is 4.79 Å². The number of thioether (sulfide) groups is 2. The van der Waals surface area contributed by atoms with Crippen LogP contribution in [0.2, 0.25) is 0 Å². The number of oxime groups is 1. The summed E-state index contributed by atoms with van der Waals surface area (Å²) in [4.78, 5) is 15.8. The van der Waals surface area contributed by atoms with Crippen LogP contribution in [-0.4, -0.2) is 35.4 Å². The van der Waals surface area contributed by atoms with E-state index in [9.17, 15) is 4.79 Å². The summed E-state index contributed by atoms with van der Waals surface area (Å²) >= 11 is 3.08. The fourth-order valence-electron chi connectivity index (χ4n) is 0.773. The number of hydrogen-bond donors (Lipinski definition) is 1. The summed E-state index contributed by atoms with van der Waals surface area (Å²) in [7, 11) is 1.34. The van der Waals surface area contributed by atoms with E-state index in [-0.39, 0.29) is 5.71 Å². The van der Waals surface area contributed by atoms with Gasteiger partial charge in [0.2, 0.25) is 5.71 Å². The molecule has 0 radical (unpaired) electrons. The third-order valence-electron chi connectivity index (χ3n) is 1.27. The highest BCUT2D eigenvalue weighted by atomic mass is 32.2. The average molecular weight is 219 g/mol. The fourth-order valence-corrected chi connectivity index (χ4v) is 2.83. The van der Waals surface area contributed by atoms with Gasteiger partial charge in [-0.3, -0.25) is 0 Å². The molecule has 0 saturated heterocycles. The van der Waals surface area contributed by atoms with Crippen molar-refractivity contribution in [1.82, 2.24) is 0 Å². The quantitative estimate of drug-likeness (QED) is 0.574. The predicted molar refractivity (Wildman–Crippen MR) is 55.1 cm³/mol. The minimum Gasteiger partial charge on any atom is -0.476 e. The zero-order valence-corrected chi connectivity index (χ0v) is 8.65. The Kier molecular flexibility index (Phi) is 4.17. The molecule has 1 N–H and O–H groups in total. The van der Waals surface area contributed by atoms with Gasteiger partial charge >= 0.3 is 5.97 Å². The number of carboxylic acid groups (broad SMARTS) is 1. The van der Waals surface area contributed by atoms with Gasteiger partial charge in [-0.15, -0.1) is 23.5 Å². The lowest BCUT2D eigenvalue weighted by Crippen LogP contribution is -2.16. The second kappa shape index (κ2) is 5.18. The second-order valence-corrected chi connectivity index (χ2v) is 4.24. The number of carboxylic acids is 1. The molecule has 6 heteroatoms. The van der Waals surface area contributed by atoms with Crippen molar-refractivity contribution in [3.05, 3.63) is 10.3 Å². The van der Waals surface area contributed by atoms with Gasteiger partial charge in [0.15, 0.2) is 0 Å². The lowest BCUT2D eigenvalue weighted by molar-refractivity contribution is -0.129. The summed E-state index contributed by atoms with van der Waals surface area (Å²) in [6.45, 7) is 0. The standard InChI is InChI=1S/C7H9NO3S2/c1-11-8-6(7(9)10)5-4-12-2-3-13-5/h4H,2-3H2,1H3,(H,9,10). The molecule has 0 aliphatic carbocycles. The number of carbonyl (C=O) groups is 1. The first-order valence-electron chi connectivity index (χ1n) is 3.55. The van der Waals surface area contributed by atoms with Gasteiger partial charge in [0.05, 0.1) is 4.91 Å². The van der Waals surface area contributed by atoms with Crippen LogP contribution in [0.15, 0.2) is 15.5 Å². The third-order valence-corrected chi connectivity index (χ3v) is 3.55.